The summed E-state index contributed by atoms with van der Waals surface area (Å²) in [6.07, 6.45) is 1.60. The molecule has 1 amide bonds. The quantitative estimate of drug-likeness (QED) is 0.764. The van der Waals surface area contributed by atoms with E-state index in [0.29, 0.717) is 17.8 Å². The van der Waals surface area contributed by atoms with Gasteiger partial charge in [0.15, 0.2) is 5.78 Å². The summed E-state index contributed by atoms with van der Waals surface area (Å²) in [6.45, 7) is 2.88. The first-order chi connectivity index (χ1) is 11.5. The summed E-state index contributed by atoms with van der Waals surface area (Å²) in [5.41, 5.74) is 2.56. The van der Waals surface area contributed by atoms with Crippen molar-refractivity contribution in [2.45, 2.75) is 6.92 Å². The molecule has 6 heteroatoms. The number of nitrogens with zero attached hydrogens (tertiary/aromatic N) is 2. The number of amides is 1. The Morgan fingerprint density at radius 1 is 1.12 bits per heavy atom. The second-order valence-electron chi connectivity index (χ2n) is 5.75. The van der Waals surface area contributed by atoms with Crippen molar-refractivity contribution in [3.05, 3.63) is 53.9 Å². The van der Waals surface area contributed by atoms with Gasteiger partial charge in [-0.15, -0.1) is 0 Å². The van der Waals surface area contributed by atoms with Crippen LogP contribution in [0.3, 0.4) is 0 Å². The molecule has 0 atom stereocenters. The largest absolute Gasteiger partial charge is 0.354 e. The lowest BCUT2D eigenvalue weighted by molar-refractivity contribution is 0.0945. The number of hydrogen-bond acceptors (Lipinski definition) is 5. The number of likely N-dealkylation sites (N-methyl/N-ethyl adjacent to an activating group) is 1. The van der Waals surface area contributed by atoms with Gasteiger partial charge in [0.05, 0.1) is 11.9 Å². The molecule has 0 unspecified atom stereocenters. The lowest BCUT2D eigenvalue weighted by atomic mass is 10.1. The van der Waals surface area contributed by atoms with E-state index in [1.165, 1.54) is 6.92 Å². The molecule has 24 heavy (non-hydrogen) atoms. The first-order valence-electron chi connectivity index (χ1n) is 7.72. The molecule has 1 aromatic heterocycles. The number of carbonyl (C=O) groups excluding carboxylic acids is 2. The molecule has 0 aliphatic heterocycles. The zero-order chi connectivity index (χ0) is 17.5. The molecule has 0 saturated heterocycles. The number of carbonyl (C=O) groups is 2. The number of rotatable bonds is 7. The highest BCUT2D eigenvalue weighted by Gasteiger charge is 2.07. The maximum Gasteiger partial charge on any atom is 0.269 e. The molecule has 0 aliphatic carbocycles. The Balaban J connectivity index is 1.98. The molecule has 0 fully saturated rings. The number of pyridine rings is 1. The summed E-state index contributed by atoms with van der Waals surface area (Å²) in [4.78, 5) is 29.5. The van der Waals surface area contributed by atoms with Crippen LogP contribution in [0.15, 0.2) is 42.6 Å². The fourth-order valence-corrected chi connectivity index (χ4v) is 2.07. The standard InChI is InChI=1S/C18H22N4O2/c1-13(23)14-5-4-6-15(11-14)21-16-7-8-17(20-12-16)18(24)19-9-10-22(2)3/h4-8,11-12,21H,9-10H2,1-3H3,(H,19,24). The van der Waals surface area contributed by atoms with Gasteiger partial charge in [-0.2, -0.15) is 0 Å². The third-order valence-electron chi connectivity index (χ3n) is 3.40. The van der Waals surface area contributed by atoms with Gasteiger partial charge in [-0.25, -0.2) is 4.98 Å². The summed E-state index contributed by atoms with van der Waals surface area (Å²) in [5, 5.41) is 5.99. The predicted molar refractivity (Wildman–Crippen MR) is 94.9 cm³/mol. The van der Waals surface area contributed by atoms with Crippen molar-refractivity contribution in [3.63, 3.8) is 0 Å². The molecule has 0 aliphatic rings. The molecule has 0 saturated carbocycles. The highest BCUT2D eigenvalue weighted by molar-refractivity contribution is 5.95. The molecule has 0 spiro atoms. The molecule has 2 N–H and O–H groups in total. The number of benzene rings is 1. The van der Waals surface area contributed by atoms with E-state index in [1.54, 1.807) is 30.5 Å². The van der Waals surface area contributed by atoms with Crippen molar-refractivity contribution in [3.8, 4) is 0 Å². The first kappa shape index (κ1) is 17.6. The van der Waals surface area contributed by atoms with E-state index in [0.717, 1.165) is 17.9 Å². The van der Waals surface area contributed by atoms with E-state index in [9.17, 15) is 9.59 Å². The number of Topliss-reactive ketones (excluding diaryl/α,β-unsaturated/α-hetero) is 1. The number of hydrogen-bond donors (Lipinski definition) is 2. The highest BCUT2D eigenvalue weighted by atomic mass is 16.1. The third kappa shape index (κ3) is 5.17. The molecule has 2 rings (SSSR count). The van der Waals surface area contributed by atoms with Crippen LogP contribution in [0, 0.1) is 0 Å². The van der Waals surface area contributed by atoms with Gasteiger partial charge in [0, 0.05) is 24.3 Å². The molecular weight excluding hydrogens is 304 g/mol. The van der Waals surface area contributed by atoms with Gasteiger partial charge in [-0.1, -0.05) is 12.1 Å². The summed E-state index contributed by atoms with van der Waals surface area (Å²) >= 11 is 0. The van der Waals surface area contributed by atoms with Crippen LogP contribution in [0.25, 0.3) is 0 Å². The first-order valence-corrected chi connectivity index (χ1v) is 7.72. The van der Waals surface area contributed by atoms with Crippen LogP contribution in [0.2, 0.25) is 0 Å². The van der Waals surface area contributed by atoms with Crippen molar-refractivity contribution in [1.29, 1.82) is 0 Å². The van der Waals surface area contributed by atoms with Crippen LogP contribution in [-0.4, -0.2) is 48.8 Å². The summed E-state index contributed by atoms with van der Waals surface area (Å²) in [7, 11) is 3.90. The third-order valence-corrected chi connectivity index (χ3v) is 3.40. The van der Waals surface area contributed by atoms with Crippen molar-refractivity contribution in [2.75, 3.05) is 32.5 Å². The number of aromatic nitrogens is 1. The lowest BCUT2D eigenvalue weighted by Gasteiger charge is -2.10. The van der Waals surface area contributed by atoms with Gasteiger partial charge in [-0.3, -0.25) is 9.59 Å². The highest BCUT2D eigenvalue weighted by Crippen LogP contribution is 2.17. The van der Waals surface area contributed by atoms with Gasteiger partial charge in [0.1, 0.15) is 5.69 Å². The van der Waals surface area contributed by atoms with E-state index in [4.69, 9.17) is 0 Å². The fourth-order valence-electron chi connectivity index (χ4n) is 2.07. The van der Waals surface area contributed by atoms with E-state index in [1.807, 2.05) is 31.1 Å². The van der Waals surface area contributed by atoms with Gasteiger partial charge in [0.2, 0.25) is 0 Å². The van der Waals surface area contributed by atoms with Crippen LogP contribution in [0.4, 0.5) is 11.4 Å². The molecule has 2 aromatic rings. The molecule has 0 bridgehead atoms. The Kier molecular flexibility index (Phi) is 6.03. The van der Waals surface area contributed by atoms with Crippen molar-refractivity contribution in [2.24, 2.45) is 0 Å². The van der Waals surface area contributed by atoms with E-state index in [2.05, 4.69) is 15.6 Å². The van der Waals surface area contributed by atoms with Gasteiger partial charge >= 0.3 is 0 Å². The second kappa shape index (κ2) is 8.21. The molecule has 6 nitrogen and oxygen atoms in total. The monoisotopic (exact) mass is 326 g/mol. The topological polar surface area (TPSA) is 74.3 Å². The Morgan fingerprint density at radius 2 is 1.92 bits per heavy atom. The number of anilines is 2. The summed E-state index contributed by atoms with van der Waals surface area (Å²) < 4.78 is 0. The molecular formula is C18H22N4O2. The maximum atomic E-state index is 12.0. The van der Waals surface area contributed by atoms with Crippen molar-refractivity contribution in [1.82, 2.24) is 15.2 Å². The average molecular weight is 326 g/mol. The minimum absolute atomic E-state index is 0.0153. The zero-order valence-corrected chi connectivity index (χ0v) is 14.2. The summed E-state index contributed by atoms with van der Waals surface area (Å²) in [5.74, 6) is -0.177. The Labute approximate surface area is 141 Å². The molecule has 126 valence electrons. The Hall–Kier alpha value is -2.73. The lowest BCUT2D eigenvalue weighted by Crippen LogP contribution is -2.31. The van der Waals surface area contributed by atoms with Crippen LogP contribution in [0.5, 0.6) is 0 Å². The van der Waals surface area contributed by atoms with E-state index < -0.39 is 0 Å². The van der Waals surface area contributed by atoms with E-state index >= 15 is 0 Å². The van der Waals surface area contributed by atoms with Crippen LogP contribution >= 0.6 is 0 Å². The Bertz CT molecular complexity index is 711. The second-order valence-corrected chi connectivity index (χ2v) is 5.75. The van der Waals surface area contributed by atoms with Gasteiger partial charge in [-0.05, 0) is 45.3 Å². The van der Waals surface area contributed by atoms with Crippen LogP contribution in [-0.2, 0) is 0 Å². The van der Waals surface area contributed by atoms with Crippen molar-refractivity contribution >= 4 is 23.1 Å². The van der Waals surface area contributed by atoms with Crippen molar-refractivity contribution < 1.29 is 9.59 Å². The zero-order valence-electron chi connectivity index (χ0n) is 14.2. The van der Waals surface area contributed by atoms with Crippen LogP contribution < -0.4 is 10.6 Å². The minimum atomic E-state index is -0.193. The average Bonchev–Trinajstić information content (AvgIpc) is 2.55. The maximum absolute atomic E-state index is 12.0. The van der Waals surface area contributed by atoms with E-state index in [-0.39, 0.29) is 11.7 Å². The Morgan fingerprint density at radius 3 is 2.54 bits per heavy atom. The predicted octanol–water partition coefficient (Wildman–Crippen LogP) is 2.32. The van der Waals surface area contributed by atoms with Gasteiger partial charge in [0.25, 0.3) is 5.91 Å². The minimum Gasteiger partial charge on any atom is -0.354 e. The smallest absolute Gasteiger partial charge is 0.269 e. The fraction of sp³-hybridized carbons (Fsp3) is 0.278. The SMILES string of the molecule is CC(=O)c1cccc(Nc2ccc(C(=O)NCCN(C)C)nc2)c1. The molecule has 1 heterocycles. The van der Waals surface area contributed by atoms with Crippen LogP contribution in [0.1, 0.15) is 27.8 Å². The van der Waals surface area contributed by atoms with Gasteiger partial charge < -0.3 is 15.5 Å². The summed E-state index contributed by atoms with van der Waals surface area (Å²) in [6, 6.07) is 10.7. The molecule has 0 radical (unpaired) electrons. The molecule has 1 aromatic carbocycles. The number of nitrogens with one attached hydrogen (secondary N) is 2. The normalized spacial score (nSPS) is 10.5. The number of ketones is 1.